The molecule has 5 nitrogen and oxygen atoms in total. The van der Waals surface area contributed by atoms with E-state index in [1.165, 1.54) is 0 Å². The molecule has 0 bridgehead atoms. The van der Waals surface area contributed by atoms with Crippen LogP contribution < -0.4 is 0 Å². The number of aromatic nitrogens is 3. The molecular weight excluding hydrogens is 272 g/mol. The van der Waals surface area contributed by atoms with Crippen molar-refractivity contribution in [3.63, 3.8) is 0 Å². The zero-order chi connectivity index (χ0) is 12.5. The monoisotopic (exact) mass is 282 g/mol. The lowest BCUT2D eigenvalue weighted by Crippen LogP contribution is -2.30. The van der Waals surface area contributed by atoms with Crippen LogP contribution in [0.3, 0.4) is 0 Å². The van der Waals surface area contributed by atoms with Crippen LogP contribution in [0.15, 0.2) is 18.3 Å². The van der Waals surface area contributed by atoms with Gasteiger partial charge in [-0.05, 0) is 36.6 Å². The first-order valence-corrected chi connectivity index (χ1v) is 6.88. The van der Waals surface area contributed by atoms with Crippen molar-refractivity contribution in [2.75, 3.05) is 6.54 Å². The van der Waals surface area contributed by atoms with E-state index in [9.17, 15) is 4.79 Å². The van der Waals surface area contributed by atoms with Crippen molar-refractivity contribution in [1.82, 2.24) is 20.1 Å². The Labute approximate surface area is 113 Å². The Morgan fingerprint density at radius 3 is 3.11 bits per heavy atom. The fraction of sp³-hybridized carbons (Fsp3) is 0.364. The predicted molar refractivity (Wildman–Crippen MR) is 68.7 cm³/mol. The summed E-state index contributed by atoms with van der Waals surface area (Å²) in [6, 6.07) is 4.05. The fourth-order valence-electron chi connectivity index (χ4n) is 2.30. The van der Waals surface area contributed by atoms with E-state index < -0.39 is 0 Å². The van der Waals surface area contributed by atoms with Crippen LogP contribution in [0.5, 0.6) is 0 Å². The minimum atomic E-state index is -0.0866. The van der Waals surface area contributed by atoms with Gasteiger partial charge in [-0.2, -0.15) is 0 Å². The van der Waals surface area contributed by atoms with E-state index in [0.717, 1.165) is 36.4 Å². The van der Waals surface area contributed by atoms with Gasteiger partial charge in [0.2, 0.25) is 9.47 Å². The molecule has 1 aliphatic rings. The predicted octanol–water partition coefficient (Wildman–Crippen LogP) is 2.50. The lowest BCUT2D eigenvalue weighted by molar-refractivity contribution is 0.0732. The summed E-state index contributed by atoms with van der Waals surface area (Å²) in [5, 5.41) is 7.85. The van der Waals surface area contributed by atoms with Crippen LogP contribution in [0.2, 0.25) is 4.47 Å². The average Bonchev–Trinajstić information content (AvgIpc) is 3.08. The SMILES string of the molecule is O=C(c1nnc(Cl)s1)N1CCCC1c1ccc[nH]1. The second-order valence-electron chi connectivity index (χ2n) is 4.14. The summed E-state index contributed by atoms with van der Waals surface area (Å²) >= 11 is 6.84. The van der Waals surface area contributed by atoms with Crippen LogP contribution >= 0.6 is 22.9 Å². The van der Waals surface area contributed by atoms with Crippen LogP contribution in [-0.2, 0) is 0 Å². The maximum absolute atomic E-state index is 12.3. The van der Waals surface area contributed by atoms with E-state index in [4.69, 9.17) is 11.6 Å². The first-order valence-electron chi connectivity index (χ1n) is 5.69. The van der Waals surface area contributed by atoms with Crippen LogP contribution in [0.1, 0.15) is 34.4 Å². The number of rotatable bonds is 2. The maximum Gasteiger partial charge on any atom is 0.285 e. The van der Waals surface area contributed by atoms with Gasteiger partial charge in [-0.3, -0.25) is 4.79 Å². The van der Waals surface area contributed by atoms with Gasteiger partial charge in [-0.15, -0.1) is 10.2 Å². The number of likely N-dealkylation sites (tertiary alicyclic amines) is 1. The van der Waals surface area contributed by atoms with Gasteiger partial charge in [0.05, 0.1) is 6.04 Å². The number of hydrogen-bond acceptors (Lipinski definition) is 4. The zero-order valence-electron chi connectivity index (χ0n) is 9.47. The second-order valence-corrected chi connectivity index (χ2v) is 5.70. The smallest absolute Gasteiger partial charge is 0.285 e. The average molecular weight is 283 g/mol. The topological polar surface area (TPSA) is 61.9 Å². The number of nitrogens with one attached hydrogen (secondary N) is 1. The molecule has 3 rings (SSSR count). The number of aromatic amines is 1. The Morgan fingerprint density at radius 2 is 2.44 bits per heavy atom. The van der Waals surface area contributed by atoms with Crippen molar-refractivity contribution in [2.24, 2.45) is 0 Å². The second kappa shape index (κ2) is 4.70. The summed E-state index contributed by atoms with van der Waals surface area (Å²) in [4.78, 5) is 17.3. The van der Waals surface area contributed by atoms with Gasteiger partial charge in [-0.25, -0.2) is 0 Å². The number of carbonyl (C=O) groups is 1. The molecule has 0 aliphatic carbocycles. The third-order valence-corrected chi connectivity index (χ3v) is 4.08. The minimum absolute atomic E-state index is 0.0866. The molecule has 2 aromatic heterocycles. The Balaban J connectivity index is 1.85. The Kier molecular flexibility index (Phi) is 3.05. The molecule has 1 amide bonds. The van der Waals surface area contributed by atoms with E-state index >= 15 is 0 Å². The summed E-state index contributed by atoms with van der Waals surface area (Å²) in [6.45, 7) is 0.750. The molecule has 1 N–H and O–H groups in total. The summed E-state index contributed by atoms with van der Waals surface area (Å²) in [5.74, 6) is -0.0866. The van der Waals surface area contributed by atoms with Gasteiger partial charge in [0.15, 0.2) is 0 Å². The van der Waals surface area contributed by atoms with Crippen molar-refractivity contribution < 1.29 is 4.79 Å². The molecular formula is C11H11ClN4OS. The van der Waals surface area contributed by atoms with E-state index in [2.05, 4.69) is 15.2 Å². The molecule has 7 heteroatoms. The third-order valence-electron chi connectivity index (χ3n) is 3.08. The number of hydrogen-bond donors (Lipinski definition) is 1. The molecule has 1 fully saturated rings. The number of H-pyrrole nitrogens is 1. The molecule has 1 saturated heterocycles. The largest absolute Gasteiger partial charge is 0.363 e. The van der Waals surface area contributed by atoms with Crippen LogP contribution in [0.4, 0.5) is 0 Å². The molecule has 0 saturated carbocycles. The minimum Gasteiger partial charge on any atom is -0.363 e. The number of nitrogens with zero attached hydrogens (tertiary/aromatic N) is 3. The molecule has 2 aromatic rings. The molecule has 0 radical (unpaired) electrons. The van der Waals surface area contributed by atoms with E-state index in [0.29, 0.717) is 9.47 Å². The normalized spacial score (nSPS) is 19.4. The Hall–Kier alpha value is -1.40. The first-order chi connectivity index (χ1) is 8.75. The number of carbonyl (C=O) groups excluding carboxylic acids is 1. The van der Waals surface area contributed by atoms with Crippen LogP contribution in [-0.4, -0.2) is 32.5 Å². The highest BCUT2D eigenvalue weighted by atomic mass is 35.5. The molecule has 1 atom stereocenters. The van der Waals surface area contributed by atoms with Gasteiger partial charge < -0.3 is 9.88 Å². The molecule has 3 heterocycles. The van der Waals surface area contributed by atoms with Crippen LogP contribution in [0, 0.1) is 0 Å². The Bertz CT molecular complexity index is 553. The Morgan fingerprint density at radius 1 is 1.56 bits per heavy atom. The lowest BCUT2D eigenvalue weighted by atomic mass is 10.1. The highest BCUT2D eigenvalue weighted by Gasteiger charge is 2.32. The third kappa shape index (κ3) is 2.02. The molecule has 94 valence electrons. The highest BCUT2D eigenvalue weighted by Crippen LogP contribution is 2.32. The van der Waals surface area contributed by atoms with Crippen molar-refractivity contribution in [1.29, 1.82) is 0 Å². The number of amides is 1. The molecule has 0 spiro atoms. The van der Waals surface area contributed by atoms with Crippen molar-refractivity contribution in [3.05, 3.63) is 33.5 Å². The summed E-state index contributed by atoms with van der Waals surface area (Å²) in [5.41, 5.74) is 1.07. The summed E-state index contributed by atoms with van der Waals surface area (Å²) in [6.07, 6.45) is 3.85. The maximum atomic E-state index is 12.3. The van der Waals surface area contributed by atoms with Crippen molar-refractivity contribution >= 4 is 28.8 Å². The van der Waals surface area contributed by atoms with Gasteiger partial charge in [0, 0.05) is 18.4 Å². The van der Waals surface area contributed by atoms with E-state index in [-0.39, 0.29) is 11.9 Å². The van der Waals surface area contributed by atoms with Gasteiger partial charge in [0.25, 0.3) is 5.91 Å². The van der Waals surface area contributed by atoms with Gasteiger partial charge in [-0.1, -0.05) is 11.3 Å². The first kappa shape index (κ1) is 11.7. The van der Waals surface area contributed by atoms with Gasteiger partial charge >= 0.3 is 0 Å². The molecule has 1 unspecified atom stereocenters. The summed E-state index contributed by atoms with van der Waals surface area (Å²) < 4.78 is 0.300. The van der Waals surface area contributed by atoms with E-state index in [1.807, 2.05) is 23.2 Å². The zero-order valence-corrected chi connectivity index (χ0v) is 11.0. The lowest BCUT2D eigenvalue weighted by Gasteiger charge is -2.22. The number of halogens is 1. The van der Waals surface area contributed by atoms with Gasteiger partial charge in [0.1, 0.15) is 0 Å². The van der Waals surface area contributed by atoms with Crippen molar-refractivity contribution in [2.45, 2.75) is 18.9 Å². The van der Waals surface area contributed by atoms with Crippen molar-refractivity contribution in [3.8, 4) is 0 Å². The molecule has 0 aromatic carbocycles. The standard InChI is InChI=1S/C11H11ClN4OS/c12-11-15-14-9(18-11)10(17)16-6-2-4-8(16)7-3-1-5-13-7/h1,3,5,8,13H,2,4,6H2. The molecule has 1 aliphatic heterocycles. The fourth-order valence-corrected chi connectivity index (χ4v) is 3.08. The summed E-state index contributed by atoms with van der Waals surface area (Å²) in [7, 11) is 0. The van der Waals surface area contributed by atoms with Crippen LogP contribution in [0.25, 0.3) is 0 Å². The van der Waals surface area contributed by atoms with E-state index in [1.54, 1.807) is 0 Å². The highest BCUT2D eigenvalue weighted by molar-refractivity contribution is 7.17. The quantitative estimate of drug-likeness (QED) is 0.920. The molecule has 18 heavy (non-hydrogen) atoms.